The van der Waals surface area contributed by atoms with Gasteiger partial charge in [0.05, 0.1) is 54.9 Å². The van der Waals surface area contributed by atoms with Gasteiger partial charge in [-0.05, 0) is 38.5 Å². The number of hydrogen-bond acceptors (Lipinski definition) is 0. The molecular weight excluding hydrogens is 438 g/mol. The van der Waals surface area contributed by atoms with Crippen LogP contribution in [0.3, 0.4) is 0 Å². The smallest absolute Gasteiger partial charge is 0.128 e. The topological polar surface area (TPSA) is 0 Å². The van der Waals surface area contributed by atoms with Crippen molar-refractivity contribution in [2.75, 3.05) is 81.1 Å². The standard InChI is InChI=1S/C33H74N3/c1-9-12-15-18-21-24-27-34(4,5)30-32-36(8,29-26-23-20-17-14-11-3)33-31-35(6,7)28-25-22-19-16-13-10-2/h9-33H2,1-8H3/q+3. The largest absolute Gasteiger partial charge is 0.324 e. The summed E-state index contributed by atoms with van der Waals surface area (Å²) >= 11 is 0. The number of likely N-dealkylation sites (N-methyl/N-ethyl adjacent to an activating group) is 3. The van der Waals surface area contributed by atoms with E-state index in [2.05, 4.69) is 56.0 Å². The van der Waals surface area contributed by atoms with E-state index in [4.69, 9.17) is 0 Å². The fraction of sp³-hybridized carbons (Fsp3) is 1.00. The van der Waals surface area contributed by atoms with Crippen LogP contribution in [0.15, 0.2) is 0 Å². The van der Waals surface area contributed by atoms with Gasteiger partial charge < -0.3 is 13.4 Å². The van der Waals surface area contributed by atoms with Crippen molar-refractivity contribution in [2.24, 2.45) is 0 Å². The summed E-state index contributed by atoms with van der Waals surface area (Å²) in [4.78, 5) is 0. The van der Waals surface area contributed by atoms with Gasteiger partial charge in [-0.2, -0.15) is 0 Å². The van der Waals surface area contributed by atoms with Crippen molar-refractivity contribution in [1.82, 2.24) is 0 Å². The summed E-state index contributed by atoms with van der Waals surface area (Å²) < 4.78 is 3.69. The van der Waals surface area contributed by atoms with Gasteiger partial charge in [0.25, 0.3) is 0 Å². The summed E-state index contributed by atoms with van der Waals surface area (Å²) in [6.07, 6.45) is 25.4. The lowest BCUT2D eigenvalue weighted by Gasteiger charge is -2.40. The minimum atomic E-state index is 1.20. The first-order chi connectivity index (χ1) is 17.1. The first-order valence-corrected chi connectivity index (χ1v) is 16.6. The van der Waals surface area contributed by atoms with E-state index in [0.717, 1.165) is 0 Å². The maximum absolute atomic E-state index is 2.58. The van der Waals surface area contributed by atoms with E-state index < -0.39 is 0 Å². The lowest BCUT2D eigenvalue weighted by atomic mass is 10.1. The molecule has 0 N–H and O–H groups in total. The third-order valence-corrected chi connectivity index (χ3v) is 8.78. The van der Waals surface area contributed by atoms with Gasteiger partial charge in [0.2, 0.25) is 0 Å². The zero-order valence-electron chi connectivity index (χ0n) is 27.0. The van der Waals surface area contributed by atoms with Crippen molar-refractivity contribution in [3.05, 3.63) is 0 Å². The first-order valence-electron chi connectivity index (χ1n) is 16.6. The minimum absolute atomic E-state index is 1.20. The minimum Gasteiger partial charge on any atom is -0.324 e. The van der Waals surface area contributed by atoms with Gasteiger partial charge in [-0.15, -0.1) is 0 Å². The molecule has 0 bridgehead atoms. The van der Waals surface area contributed by atoms with Crippen LogP contribution in [0, 0.1) is 0 Å². The number of quaternary nitrogens is 3. The van der Waals surface area contributed by atoms with Gasteiger partial charge >= 0.3 is 0 Å². The lowest BCUT2D eigenvalue weighted by Crippen LogP contribution is -2.57. The zero-order valence-corrected chi connectivity index (χ0v) is 27.0. The number of nitrogens with zero attached hydrogens (tertiary/aromatic N) is 3. The second-order valence-corrected chi connectivity index (χ2v) is 13.9. The molecule has 218 valence electrons. The highest BCUT2D eigenvalue weighted by atomic mass is 15.4. The van der Waals surface area contributed by atoms with Crippen molar-refractivity contribution in [2.45, 2.75) is 136 Å². The number of unbranched alkanes of at least 4 members (excludes halogenated alkanes) is 15. The van der Waals surface area contributed by atoms with Crippen molar-refractivity contribution < 1.29 is 13.4 Å². The van der Waals surface area contributed by atoms with Crippen LogP contribution in [0.4, 0.5) is 0 Å². The Kier molecular flexibility index (Phi) is 21.7. The van der Waals surface area contributed by atoms with Gasteiger partial charge in [-0.3, -0.25) is 0 Å². The highest BCUT2D eigenvalue weighted by Crippen LogP contribution is 2.15. The molecule has 3 nitrogen and oxygen atoms in total. The SMILES string of the molecule is CCCCCCCC[N+](C)(C)CC[N+](C)(CCCCCCCC)CC[N+](C)(C)CCCCCCCC. The van der Waals surface area contributed by atoms with Crippen LogP contribution in [-0.4, -0.2) is 94.5 Å². The highest BCUT2D eigenvalue weighted by Gasteiger charge is 2.29. The maximum atomic E-state index is 2.58. The molecule has 3 heteroatoms. The molecule has 0 aromatic heterocycles. The van der Waals surface area contributed by atoms with Crippen molar-refractivity contribution in [1.29, 1.82) is 0 Å². The molecule has 0 aliphatic rings. The quantitative estimate of drug-likeness (QED) is 0.0762. The van der Waals surface area contributed by atoms with E-state index in [0.29, 0.717) is 0 Å². The second-order valence-electron chi connectivity index (χ2n) is 13.9. The predicted molar refractivity (Wildman–Crippen MR) is 165 cm³/mol. The molecule has 0 radical (unpaired) electrons. The summed E-state index contributed by atoms with van der Waals surface area (Å²) in [6.45, 7) is 16.4. The Morgan fingerprint density at radius 3 is 0.889 bits per heavy atom. The Balaban J connectivity index is 4.68. The van der Waals surface area contributed by atoms with Crippen LogP contribution in [0.2, 0.25) is 0 Å². The van der Waals surface area contributed by atoms with E-state index in [9.17, 15) is 0 Å². The molecule has 0 spiro atoms. The van der Waals surface area contributed by atoms with Gasteiger partial charge in [0.15, 0.2) is 0 Å². The lowest BCUT2D eigenvalue weighted by molar-refractivity contribution is -0.977. The maximum Gasteiger partial charge on any atom is 0.128 e. The van der Waals surface area contributed by atoms with Gasteiger partial charge in [-0.25, -0.2) is 0 Å². The van der Waals surface area contributed by atoms with Crippen LogP contribution in [0.25, 0.3) is 0 Å². The molecular formula is C33H74N3+3. The third-order valence-electron chi connectivity index (χ3n) is 8.78. The van der Waals surface area contributed by atoms with Gasteiger partial charge in [0, 0.05) is 0 Å². The second kappa shape index (κ2) is 21.8. The summed E-state index contributed by atoms with van der Waals surface area (Å²) in [5.41, 5.74) is 0. The van der Waals surface area contributed by atoms with Gasteiger partial charge in [-0.1, -0.05) is 97.8 Å². The van der Waals surface area contributed by atoms with Crippen LogP contribution in [0.5, 0.6) is 0 Å². The summed E-state index contributed by atoms with van der Waals surface area (Å²) in [7, 11) is 12.5. The van der Waals surface area contributed by atoms with Crippen LogP contribution in [0.1, 0.15) is 136 Å². The summed E-state index contributed by atoms with van der Waals surface area (Å²) in [5.74, 6) is 0. The van der Waals surface area contributed by atoms with E-state index in [1.165, 1.54) is 175 Å². The molecule has 0 unspecified atom stereocenters. The summed E-state index contributed by atoms with van der Waals surface area (Å²) in [6, 6.07) is 0. The molecule has 0 aliphatic carbocycles. The Labute approximate surface area is 230 Å². The molecule has 0 atom stereocenters. The van der Waals surface area contributed by atoms with Crippen LogP contribution >= 0.6 is 0 Å². The average molecular weight is 513 g/mol. The first kappa shape index (κ1) is 35.9. The molecule has 0 aliphatic heterocycles. The molecule has 0 rings (SSSR count). The number of hydrogen-bond donors (Lipinski definition) is 0. The molecule has 0 aromatic carbocycles. The summed E-state index contributed by atoms with van der Waals surface area (Å²) in [5, 5.41) is 0. The third kappa shape index (κ3) is 21.9. The Morgan fingerprint density at radius 1 is 0.278 bits per heavy atom. The van der Waals surface area contributed by atoms with E-state index in [1.807, 2.05) is 0 Å². The fourth-order valence-corrected chi connectivity index (χ4v) is 5.50. The van der Waals surface area contributed by atoms with Gasteiger partial charge in [0.1, 0.15) is 26.2 Å². The normalized spacial score (nSPS) is 13.0. The Hall–Kier alpha value is -0.120. The molecule has 36 heavy (non-hydrogen) atoms. The van der Waals surface area contributed by atoms with Crippen molar-refractivity contribution >= 4 is 0 Å². The van der Waals surface area contributed by atoms with Crippen molar-refractivity contribution in [3.63, 3.8) is 0 Å². The van der Waals surface area contributed by atoms with Crippen LogP contribution in [-0.2, 0) is 0 Å². The molecule has 0 heterocycles. The average Bonchev–Trinajstić information content (AvgIpc) is 2.83. The van der Waals surface area contributed by atoms with E-state index >= 15 is 0 Å². The zero-order chi connectivity index (χ0) is 27.2. The molecule has 0 aromatic rings. The molecule has 0 saturated carbocycles. The van der Waals surface area contributed by atoms with E-state index in [1.54, 1.807) is 0 Å². The molecule has 0 saturated heterocycles. The highest BCUT2D eigenvalue weighted by molar-refractivity contribution is 4.50. The Bertz CT molecular complexity index is 440. The molecule has 0 amide bonds. The Morgan fingerprint density at radius 2 is 0.556 bits per heavy atom. The van der Waals surface area contributed by atoms with Crippen LogP contribution < -0.4 is 0 Å². The van der Waals surface area contributed by atoms with Crippen molar-refractivity contribution in [3.8, 4) is 0 Å². The monoisotopic (exact) mass is 513 g/mol. The van der Waals surface area contributed by atoms with E-state index in [-0.39, 0.29) is 0 Å². The number of rotatable bonds is 27. The molecule has 0 fully saturated rings. The predicted octanol–water partition coefficient (Wildman–Crippen LogP) is 8.67. The fourth-order valence-electron chi connectivity index (χ4n) is 5.50.